The van der Waals surface area contributed by atoms with Gasteiger partial charge in [-0.25, -0.2) is 0 Å². The molecule has 0 aliphatic rings. The summed E-state index contributed by atoms with van der Waals surface area (Å²) < 4.78 is 68.0. The molecule has 8 nitrogen and oxygen atoms in total. The van der Waals surface area contributed by atoms with Crippen LogP contribution in [0.4, 0.5) is 0 Å². The molecular formula is C9H12NO7S2. The Bertz CT molecular complexity index is 679. The van der Waals surface area contributed by atoms with Crippen LogP contribution in [0.15, 0.2) is 21.9 Å². The van der Waals surface area contributed by atoms with Crippen molar-refractivity contribution in [3.05, 3.63) is 17.7 Å². The Morgan fingerprint density at radius 1 is 1.16 bits per heavy atom. The summed E-state index contributed by atoms with van der Waals surface area (Å²) >= 11 is 0. The first kappa shape index (κ1) is 15.9. The monoisotopic (exact) mass is 310 g/mol. The lowest BCUT2D eigenvalue weighted by molar-refractivity contribution is 0.394. The lowest BCUT2D eigenvalue weighted by Crippen LogP contribution is -2.13. The summed E-state index contributed by atoms with van der Waals surface area (Å²) in [5.74, 6) is -0.265. The Morgan fingerprint density at radius 2 is 1.74 bits per heavy atom. The maximum absolute atomic E-state index is 11.3. The molecule has 1 aromatic rings. The van der Waals surface area contributed by atoms with Crippen LogP contribution in [0.1, 0.15) is 5.56 Å². The molecular weight excluding hydrogens is 298 g/mol. The highest BCUT2D eigenvalue weighted by Crippen LogP contribution is 2.32. The highest BCUT2D eigenvalue weighted by atomic mass is 32.2. The number of nitrogens with one attached hydrogen (secondary N) is 1. The van der Waals surface area contributed by atoms with E-state index in [1.54, 1.807) is 0 Å². The first-order chi connectivity index (χ1) is 8.62. The number of ether oxygens (including phenoxy) is 1. The Labute approximate surface area is 110 Å². The van der Waals surface area contributed by atoms with Crippen molar-refractivity contribution in [2.75, 3.05) is 13.7 Å². The van der Waals surface area contributed by atoms with Crippen molar-refractivity contribution in [1.82, 2.24) is 5.73 Å². The van der Waals surface area contributed by atoms with E-state index in [4.69, 9.17) is 19.6 Å². The predicted molar refractivity (Wildman–Crippen MR) is 64.3 cm³/mol. The lowest BCUT2D eigenvalue weighted by Gasteiger charge is -2.14. The zero-order valence-electron chi connectivity index (χ0n) is 9.82. The summed E-state index contributed by atoms with van der Waals surface area (Å²) in [7, 11) is -8.30. The zero-order valence-corrected chi connectivity index (χ0v) is 11.5. The molecule has 0 heterocycles. The minimum Gasteiger partial charge on any atom is -0.495 e. The summed E-state index contributed by atoms with van der Waals surface area (Å²) in [4.78, 5) is -1.43. The normalized spacial score (nSPS) is 12.4. The van der Waals surface area contributed by atoms with Crippen molar-refractivity contribution < 1.29 is 30.7 Å². The molecule has 0 bridgehead atoms. The van der Waals surface area contributed by atoms with Crippen molar-refractivity contribution in [3.8, 4) is 5.75 Å². The van der Waals surface area contributed by atoms with Crippen molar-refractivity contribution in [3.63, 3.8) is 0 Å². The molecule has 0 aliphatic heterocycles. The molecule has 0 aliphatic carbocycles. The molecule has 19 heavy (non-hydrogen) atoms. The van der Waals surface area contributed by atoms with Crippen LogP contribution in [0.25, 0.3) is 0 Å². The van der Waals surface area contributed by atoms with E-state index in [-0.39, 0.29) is 24.3 Å². The van der Waals surface area contributed by atoms with Crippen LogP contribution < -0.4 is 10.5 Å². The molecule has 0 unspecified atom stereocenters. The third-order valence-electron chi connectivity index (χ3n) is 2.31. The van der Waals surface area contributed by atoms with Crippen molar-refractivity contribution in [2.45, 2.75) is 16.2 Å². The molecule has 1 radical (unpaired) electrons. The van der Waals surface area contributed by atoms with Gasteiger partial charge < -0.3 is 4.74 Å². The van der Waals surface area contributed by atoms with Gasteiger partial charge in [0.05, 0.1) is 12.0 Å². The number of hydrogen-bond donors (Lipinski definition) is 2. The fraction of sp³-hybridized carbons (Fsp3) is 0.333. The summed E-state index contributed by atoms with van der Waals surface area (Å²) in [6.07, 6.45) is -0.290. The fourth-order valence-electron chi connectivity index (χ4n) is 1.64. The SMILES string of the molecule is COc1ccc(S(=O)(=O)O)c(CC[NH])c1S(=O)(=O)O. The molecule has 1 aromatic carbocycles. The molecule has 10 heteroatoms. The number of hydrogen-bond acceptors (Lipinski definition) is 5. The molecule has 0 amide bonds. The van der Waals surface area contributed by atoms with Crippen LogP contribution >= 0.6 is 0 Å². The third kappa shape index (κ3) is 3.42. The van der Waals surface area contributed by atoms with Crippen LogP contribution in [0.3, 0.4) is 0 Å². The van der Waals surface area contributed by atoms with Crippen molar-refractivity contribution in [2.24, 2.45) is 0 Å². The van der Waals surface area contributed by atoms with Gasteiger partial charge in [0.25, 0.3) is 20.2 Å². The number of methoxy groups -OCH3 is 1. The van der Waals surface area contributed by atoms with E-state index >= 15 is 0 Å². The summed E-state index contributed by atoms with van der Waals surface area (Å²) in [6.45, 7) is -0.335. The Balaban J connectivity index is 3.84. The molecule has 0 spiro atoms. The highest BCUT2D eigenvalue weighted by molar-refractivity contribution is 7.86. The van der Waals surface area contributed by atoms with Gasteiger partial charge in [-0.1, -0.05) is 0 Å². The second-order valence-corrected chi connectivity index (χ2v) is 6.27. The summed E-state index contributed by atoms with van der Waals surface area (Å²) in [5.41, 5.74) is 6.70. The van der Waals surface area contributed by atoms with Crippen LogP contribution in [-0.4, -0.2) is 39.6 Å². The molecule has 0 aromatic heterocycles. The van der Waals surface area contributed by atoms with E-state index in [1.807, 2.05) is 0 Å². The predicted octanol–water partition coefficient (Wildman–Crippen LogP) is 0.0140. The number of benzene rings is 1. The summed E-state index contributed by atoms with van der Waals surface area (Å²) in [5, 5.41) is 0. The van der Waals surface area contributed by atoms with Gasteiger partial charge in [-0.3, -0.25) is 14.8 Å². The average Bonchev–Trinajstić information content (AvgIpc) is 2.25. The van der Waals surface area contributed by atoms with Crippen LogP contribution in [0.2, 0.25) is 0 Å². The van der Waals surface area contributed by atoms with Gasteiger partial charge in [0.15, 0.2) is 0 Å². The first-order valence-electron chi connectivity index (χ1n) is 4.92. The molecule has 3 N–H and O–H groups in total. The van der Waals surface area contributed by atoms with Gasteiger partial charge in [-0.2, -0.15) is 16.8 Å². The smallest absolute Gasteiger partial charge is 0.298 e. The van der Waals surface area contributed by atoms with E-state index in [0.717, 1.165) is 19.2 Å². The average molecular weight is 310 g/mol. The third-order valence-corrected chi connectivity index (χ3v) is 4.21. The van der Waals surface area contributed by atoms with Crippen LogP contribution in [0.5, 0.6) is 5.75 Å². The fourth-order valence-corrected chi connectivity index (χ4v) is 3.38. The molecule has 0 saturated carbocycles. The largest absolute Gasteiger partial charge is 0.495 e. The topological polar surface area (TPSA) is 142 Å². The van der Waals surface area contributed by atoms with Gasteiger partial charge in [0.2, 0.25) is 0 Å². The van der Waals surface area contributed by atoms with Crippen LogP contribution in [-0.2, 0) is 26.7 Å². The Morgan fingerprint density at radius 3 is 2.11 bits per heavy atom. The lowest BCUT2D eigenvalue weighted by atomic mass is 10.1. The van der Waals surface area contributed by atoms with E-state index in [0.29, 0.717) is 0 Å². The molecule has 107 valence electrons. The van der Waals surface area contributed by atoms with Gasteiger partial charge in [-0.15, -0.1) is 0 Å². The maximum atomic E-state index is 11.3. The molecule has 0 saturated heterocycles. The molecule has 0 fully saturated rings. The minimum atomic E-state index is -4.77. The van der Waals surface area contributed by atoms with E-state index in [1.165, 1.54) is 0 Å². The summed E-state index contributed by atoms with van der Waals surface area (Å²) in [6, 6.07) is 1.95. The van der Waals surface area contributed by atoms with E-state index < -0.39 is 30.0 Å². The number of rotatable bonds is 5. The van der Waals surface area contributed by atoms with Gasteiger partial charge >= 0.3 is 0 Å². The van der Waals surface area contributed by atoms with Crippen LogP contribution in [0, 0.1) is 0 Å². The Kier molecular flexibility index (Phi) is 4.53. The Hall–Kier alpha value is -1.20. The minimum absolute atomic E-state index is 0.265. The standard InChI is InChI=1S/C9H12NO7S2/c1-17-7-2-3-8(18(11,12)13)6(4-5-10)9(7)19(14,15)16/h2-3,10H,4-5H2,1H3,(H,11,12,13)(H,14,15,16). The van der Waals surface area contributed by atoms with Gasteiger partial charge in [0, 0.05) is 6.54 Å². The van der Waals surface area contributed by atoms with E-state index in [2.05, 4.69) is 0 Å². The second-order valence-electron chi connectivity index (χ2n) is 3.52. The molecule has 1 rings (SSSR count). The second kappa shape index (κ2) is 5.43. The van der Waals surface area contributed by atoms with Gasteiger partial charge in [0.1, 0.15) is 10.6 Å². The maximum Gasteiger partial charge on any atom is 0.298 e. The van der Waals surface area contributed by atoms with Crippen molar-refractivity contribution >= 4 is 20.2 Å². The van der Waals surface area contributed by atoms with E-state index in [9.17, 15) is 16.8 Å². The quantitative estimate of drug-likeness (QED) is 0.729. The first-order valence-corrected chi connectivity index (χ1v) is 7.80. The van der Waals surface area contributed by atoms with Gasteiger partial charge in [-0.05, 0) is 24.1 Å². The molecule has 0 atom stereocenters. The highest BCUT2D eigenvalue weighted by Gasteiger charge is 2.27. The zero-order chi connectivity index (χ0) is 14.8. The van der Waals surface area contributed by atoms with Crippen molar-refractivity contribution in [1.29, 1.82) is 0 Å².